The van der Waals surface area contributed by atoms with E-state index < -0.39 is 6.03 Å². The fourth-order valence-corrected chi connectivity index (χ4v) is 2.48. The zero-order valence-corrected chi connectivity index (χ0v) is 14.0. The van der Waals surface area contributed by atoms with Gasteiger partial charge in [-0.05, 0) is 30.7 Å². The van der Waals surface area contributed by atoms with Crippen LogP contribution in [-0.2, 0) is 0 Å². The lowest BCUT2D eigenvalue weighted by atomic mass is 10.1. The topological polar surface area (TPSA) is 124 Å². The molecule has 1 heterocycles. The summed E-state index contributed by atoms with van der Waals surface area (Å²) in [6, 6.07) is 14.1. The van der Waals surface area contributed by atoms with Crippen molar-refractivity contribution >= 4 is 34.2 Å². The Labute approximate surface area is 149 Å². The minimum absolute atomic E-state index is 0.187. The van der Waals surface area contributed by atoms with Gasteiger partial charge in [0.15, 0.2) is 0 Å². The lowest BCUT2D eigenvalue weighted by Crippen LogP contribution is -2.38. The van der Waals surface area contributed by atoms with Crippen LogP contribution in [0, 0.1) is 0 Å². The van der Waals surface area contributed by atoms with Gasteiger partial charge in [-0.15, -0.1) is 0 Å². The number of nitrogens with two attached hydrogens (primary N) is 1. The van der Waals surface area contributed by atoms with Crippen molar-refractivity contribution in [2.75, 3.05) is 5.32 Å². The van der Waals surface area contributed by atoms with Gasteiger partial charge in [0.25, 0.3) is 5.91 Å². The average Bonchev–Trinajstić information content (AvgIpc) is 3.06. The molecule has 0 fully saturated rings. The van der Waals surface area contributed by atoms with Crippen LogP contribution in [-0.4, -0.2) is 22.6 Å². The molecule has 1 aromatic heterocycles. The van der Waals surface area contributed by atoms with E-state index in [4.69, 9.17) is 5.73 Å². The summed E-state index contributed by atoms with van der Waals surface area (Å²) < 4.78 is 0. The molecule has 26 heavy (non-hydrogen) atoms. The highest BCUT2D eigenvalue weighted by Gasteiger charge is 2.11. The lowest BCUT2D eigenvalue weighted by molar-refractivity contribution is 0.102. The standard InChI is InChI=1S/C18H18N6O2/c1-11(22-24-23-18(19)26)12-6-8-13(9-7-12)21-17(25)15-10-20-16-5-3-2-4-14(15)16/h2-10,20,24H,1H3,(H,21,25)(H3,19,23,26)/b22-11+. The quantitative estimate of drug-likeness (QED) is 0.358. The summed E-state index contributed by atoms with van der Waals surface area (Å²) in [5, 5.41) is 7.71. The monoisotopic (exact) mass is 350 g/mol. The van der Waals surface area contributed by atoms with Gasteiger partial charge in [-0.2, -0.15) is 5.10 Å². The number of primary amides is 1. The Morgan fingerprint density at radius 3 is 2.54 bits per heavy atom. The van der Waals surface area contributed by atoms with E-state index >= 15 is 0 Å². The van der Waals surface area contributed by atoms with Crippen LogP contribution in [0.4, 0.5) is 10.5 Å². The van der Waals surface area contributed by atoms with E-state index in [1.807, 2.05) is 36.4 Å². The van der Waals surface area contributed by atoms with E-state index in [1.54, 1.807) is 25.3 Å². The van der Waals surface area contributed by atoms with Crippen molar-refractivity contribution in [1.29, 1.82) is 0 Å². The third kappa shape index (κ3) is 3.81. The molecule has 0 spiro atoms. The molecule has 0 aliphatic heterocycles. The number of carbonyl (C=O) groups is 2. The molecule has 3 amide bonds. The number of para-hydroxylation sites is 1. The molecule has 0 saturated heterocycles. The number of benzene rings is 2. The van der Waals surface area contributed by atoms with Crippen molar-refractivity contribution in [2.45, 2.75) is 6.92 Å². The van der Waals surface area contributed by atoms with Gasteiger partial charge < -0.3 is 16.0 Å². The number of hydrazone groups is 1. The number of nitrogens with one attached hydrogen (secondary N) is 4. The highest BCUT2D eigenvalue weighted by Crippen LogP contribution is 2.19. The average molecular weight is 350 g/mol. The van der Waals surface area contributed by atoms with Crippen LogP contribution >= 0.6 is 0 Å². The van der Waals surface area contributed by atoms with Gasteiger partial charge in [-0.1, -0.05) is 30.3 Å². The minimum Gasteiger partial charge on any atom is -0.360 e. The number of carbonyl (C=O) groups excluding carboxylic acids is 2. The Hall–Kier alpha value is -3.81. The fourth-order valence-electron chi connectivity index (χ4n) is 2.48. The first-order chi connectivity index (χ1) is 12.5. The van der Waals surface area contributed by atoms with Crippen molar-refractivity contribution in [2.24, 2.45) is 10.8 Å². The molecule has 0 unspecified atom stereocenters. The molecule has 0 radical (unpaired) electrons. The largest absolute Gasteiger partial charge is 0.360 e. The summed E-state index contributed by atoms with van der Waals surface area (Å²) in [4.78, 5) is 26.2. The van der Waals surface area contributed by atoms with E-state index in [2.05, 4.69) is 26.4 Å². The normalized spacial score (nSPS) is 11.2. The number of nitrogens with zero attached hydrogens (tertiary/aromatic N) is 1. The Kier molecular flexibility index (Phi) is 4.84. The maximum absolute atomic E-state index is 12.5. The first kappa shape index (κ1) is 17.0. The summed E-state index contributed by atoms with van der Waals surface area (Å²) in [5.74, 6) is -0.187. The zero-order chi connectivity index (χ0) is 18.5. The molecule has 8 heteroatoms. The second kappa shape index (κ2) is 7.39. The van der Waals surface area contributed by atoms with Crippen LogP contribution in [0.3, 0.4) is 0 Å². The van der Waals surface area contributed by atoms with Crippen LogP contribution in [0.25, 0.3) is 10.9 Å². The van der Waals surface area contributed by atoms with Gasteiger partial charge in [0.05, 0.1) is 11.3 Å². The van der Waals surface area contributed by atoms with Gasteiger partial charge >= 0.3 is 6.03 Å². The number of hydrogen-bond acceptors (Lipinski definition) is 4. The van der Waals surface area contributed by atoms with Crippen LogP contribution in [0.5, 0.6) is 0 Å². The Balaban J connectivity index is 1.69. The molecule has 3 aromatic rings. The molecule has 0 aliphatic rings. The molecule has 0 saturated carbocycles. The lowest BCUT2D eigenvalue weighted by Gasteiger charge is -2.07. The number of rotatable bonds is 5. The van der Waals surface area contributed by atoms with Crippen molar-refractivity contribution in [3.63, 3.8) is 0 Å². The van der Waals surface area contributed by atoms with Crippen molar-refractivity contribution in [3.05, 3.63) is 65.9 Å². The minimum atomic E-state index is -0.725. The van der Waals surface area contributed by atoms with Crippen LogP contribution in [0.1, 0.15) is 22.8 Å². The molecule has 6 N–H and O–H groups in total. The molecule has 0 atom stereocenters. The van der Waals surface area contributed by atoms with E-state index in [-0.39, 0.29) is 5.91 Å². The summed E-state index contributed by atoms with van der Waals surface area (Å²) in [6.07, 6.45) is 1.70. The molecular formula is C18H18N6O2. The molecular weight excluding hydrogens is 332 g/mol. The van der Waals surface area contributed by atoms with Crippen molar-refractivity contribution < 1.29 is 9.59 Å². The number of fused-ring (bicyclic) bond motifs is 1. The summed E-state index contributed by atoms with van der Waals surface area (Å²) >= 11 is 0. The number of H-pyrrole nitrogens is 1. The highest BCUT2D eigenvalue weighted by molar-refractivity contribution is 6.12. The third-order valence-electron chi connectivity index (χ3n) is 3.80. The maximum atomic E-state index is 12.5. The summed E-state index contributed by atoms with van der Waals surface area (Å²) in [5.41, 5.74) is 13.1. The molecule has 0 aliphatic carbocycles. The summed E-state index contributed by atoms with van der Waals surface area (Å²) in [6.45, 7) is 1.77. The van der Waals surface area contributed by atoms with Crippen LogP contribution in [0.15, 0.2) is 59.8 Å². The molecule has 0 bridgehead atoms. The molecule has 3 rings (SSSR count). The first-order valence-corrected chi connectivity index (χ1v) is 7.87. The Morgan fingerprint density at radius 2 is 1.81 bits per heavy atom. The van der Waals surface area contributed by atoms with E-state index in [9.17, 15) is 9.59 Å². The first-order valence-electron chi connectivity index (χ1n) is 7.87. The number of anilines is 1. The summed E-state index contributed by atoms with van der Waals surface area (Å²) in [7, 11) is 0. The van der Waals surface area contributed by atoms with Crippen LogP contribution < -0.4 is 22.0 Å². The molecule has 132 valence electrons. The fraction of sp³-hybridized carbons (Fsp3) is 0.0556. The predicted octanol–water partition coefficient (Wildman–Crippen LogP) is 2.32. The molecule has 2 aromatic carbocycles. The number of urea groups is 1. The van der Waals surface area contributed by atoms with E-state index in [1.165, 1.54) is 0 Å². The second-order valence-corrected chi connectivity index (χ2v) is 5.58. The maximum Gasteiger partial charge on any atom is 0.332 e. The number of hydrogen-bond donors (Lipinski definition) is 5. The van der Waals surface area contributed by atoms with Gasteiger partial charge in [0.1, 0.15) is 0 Å². The second-order valence-electron chi connectivity index (χ2n) is 5.58. The van der Waals surface area contributed by atoms with Crippen molar-refractivity contribution in [1.82, 2.24) is 15.9 Å². The number of amides is 3. The molecule has 8 nitrogen and oxygen atoms in total. The van der Waals surface area contributed by atoms with E-state index in [0.29, 0.717) is 17.0 Å². The highest BCUT2D eigenvalue weighted by atomic mass is 16.2. The number of aromatic amines is 1. The van der Waals surface area contributed by atoms with Gasteiger partial charge in [-0.25, -0.2) is 15.8 Å². The van der Waals surface area contributed by atoms with Crippen LogP contribution in [0.2, 0.25) is 0 Å². The van der Waals surface area contributed by atoms with Gasteiger partial charge in [0, 0.05) is 22.8 Å². The van der Waals surface area contributed by atoms with Gasteiger partial charge in [0.2, 0.25) is 0 Å². The van der Waals surface area contributed by atoms with Gasteiger partial charge in [-0.3, -0.25) is 4.79 Å². The Bertz CT molecular complexity index is 975. The Morgan fingerprint density at radius 1 is 1.08 bits per heavy atom. The number of hydrazine groups is 1. The smallest absolute Gasteiger partial charge is 0.332 e. The van der Waals surface area contributed by atoms with Crippen molar-refractivity contribution in [3.8, 4) is 0 Å². The zero-order valence-electron chi connectivity index (χ0n) is 14.0. The SMILES string of the molecule is C/C(=N\NNC(N)=O)c1ccc(NC(=O)c2c[nH]c3ccccc23)cc1. The third-order valence-corrected chi connectivity index (χ3v) is 3.80. The number of aromatic nitrogens is 1. The predicted molar refractivity (Wildman–Crippen MR) is 101 cm³/mol. The van der Waals surface area contributed by atoms with E-state index in [0.717, 1.165) is 16.5 Å².